The second kappa shape index (κ2) is 66.3. The van der Waals surface area contributed by atoms with Crippen LogP contribution in [0, 0.1) is 0 Å². The molecule has 0 aliphatic rings. The number of ether oxygens (including phenoxy) is 3. The van der Waals surface area contributed by atoms with Gasteiger partial charge in [0.2, 0.25) is 0 Å². The minimum absolute atomic E-state index is 0.0967. The number of unbranched alkanes of at least 4 members (excludes halogenated alkanes) is 17. The third-order valence-corrected chi connectivity index (χ3v) is 13.0. The monoisotopic (exact) mass is 1100 g/mol. The minimum Gasteiger partial charge on any atom is -0.462 e. The summed E-state index contributed by atoms with van der Waals surface area (Å²) in [7, 11) is 0. The van der Waals surface area contributed by atoms with Gasteiger partial charge in [-0.3, -0.25) is 14.4 Å². The highest BCUT2D eigenvalue weighted by Gasteiger charge is 2.19. The molecule has 448 valence electrons. The van der Waals surface area contributed by atoms with E-state index in [2.05, 4.69) is 191 Å². The zero-order valence-electron chi connectivity index (χ0n) is 51.3. The molecule has 0 aromatic rings. The lowest BCUT2D eigenvalue weighted by atomic mass is 10.1. The fourth-order valence-corrected chi connectivity index (χ4v) is 8.23. The van der Waals surface area contributed by atoms with E-state index in [0.29, 0.717) is 19.3 Å². The van der Waals surface area contributed by atoms with E-state index in [1.165, 1.54) is 51.4 Å². The molecule has 0 spiro atoms. The number of allylic oxidation sites excluding steroid dienone is 28. The normalized spacial score (nSPS) is 13.3. The van der Waals surface area contributed by atoms with Gasteiger partial charge in [-0.25, -0.2) is 0 Å². The molecular formula is C74H116O6. The van der Waals surface area contributed by atoms with Gasteiger partial charge in [-0.2, -0.15) is 0 Å². The summed E-state index contributed by atoms with van der Waals surface area (Å²) >= 11 is 0. The van der Waals surface area contributed by atoms with Crippen LogP contribution in [0.4, 0.5) is 0 Å². The second-order valence-corrected chi connectivity index (χ2v) is 20.6. The summed E-state index contributed by atoms with van der Waals surface area (Å²) in [5.41, 5.74) is 0. The standard InChI is InChI=1S/C74H116O6/c1-4-7-10-13-16-18-20-22-24-26-28-30-32-34-36-37-39-40-42-44-46-48-50-52-54-56-58-61-64-67-73(76)79-70-71(69-78-72(75)66-63-60-15-12-9-6-3)80-74(77)68-65-62-59-57-55-53-51-49-47-45-43-41-38-35-33-31-29-27-25-23-21-19-17-14-11-8-5-2/h7-8,10-11,16-19,22-25,28-31,34-36,38-40,43-46,50,52,71H,4-6,9,12-15,20-21,26-27,32-33,37,41-42,47-49,51,53-70H2,1-3H3/b10-7-,11-8-,18-16-,19-17-,24-22-,25-23-,30-28-,31-29-,36-34-,38-35-,40-39-,45-43-,46-44-,52-50-. The number of esters is 3. The van der Waals surface area contributed by atoms with E-state index < -0.39 is 6.10 Å². The fourth-order valence-electron chi connectivity index (χ4n) is 8.23. The first-order valence-corrected chi connectivity index (χ1v) is 32.1. The van der Waals surface area contributed by atoms with Crippen LogP contribution in [0.2, 0.25) is 0 Å². The number of hydrogen-bond acceptors (Lipinski definition) is 6. The third-order valence-electron chi connectivity index (χ3n) is 13.0. The van der Waals surface area contributed by atoms with Gasteiger partial charge in [0.15, 0.2) is 6.10 Å². The molecule has 0 saturated heterocycles. The van der Waals surface area contributed by atoms with E-state index in [4.69, 9.17) is 14.2 Å². The lowest BCUT2D eigenvalue weighted by molar-refractivity contribution is -0.167. The zero-order valence-corrected chi connectivity index (χ0v) is 51.3. The summed E-state index contributed by atoms with van der Waals surface area (Å²) in [6.07, 6.45) is 98.2. The molecule has 0 bridgehead atoms. The van der Waals surface area contributed by atoms with Crippen molar-refractivity contribution in [3.8, 4) is 0 Å². The predicted octanol–water partition coefficient (Wildman–Crippen LogP) is 22.3. The van der Waals surface area contributed by atoms with Crippen molar-refractivity contribution < 1.29 is 28.6 Å². The van der Waals surface area contributed by atoms with E-state index >= 15 is 0 Å². The highest BCUT2D eigenvalue weighted by atomic mass is 16.6. The maximum atomic E-state index is 12.9. The van der Waals surface area contributed by atoms with E-state index in [1.807, 2.05) is 0 Å². The highest BCUT2D eigenvalue weighted by Crippen LogP contribution is 2.14. The maximum absolute atomic E-state index is 12.9. The molecule has 80 heavy (non-hydrogen) atoms. The van der Waals surface area contributed by atoms with Crippen molar-refractivity contribution >= 4 is 17.9 Å². The van der Waals surface area contributed by atoms with E-state index in [1.54, 1.807) is 0 Å². The quantitative estimate of drug-likeness (QED) is 0.0261. The molecule has 0 N–H and O–H groups in total. The topological polar surface area (TPSA) is 78.9 Å². The number of carbonyl (C=O) groups is 3. The van der Waals surface area contributed by atoms with Gasteiger partial charge in [0.25, 0.3) is 0 Å². The van der Waals surface area contributed by atoms with Crippen LogP contribution in [-0.2, 0) is 28.6 Å². The van der Waals surface area contributed by atoms with Crippen LogP contribution in [0.3, 0.4) is 0 Å². The number of rotatable bonds is 56. The molecule has 0 saturated carbocycles. The largest absolute Gasteiger partial charge is 0.462 e. The number of hydrogen-bond donors (Lipinski definition) is 0. The summed E-state index contributed by atoms with van der Waals surface area (Å²) in [5.74, 6) is -0.947. The fraction of sp³-hybridized carbons (Fsp3) is 0.581. The number of carbonyl (C=O) groups excluding carboxylic acids is 3. The minimum atomic E-state index is -0.800. The summed E-state index contributed by atoms with van der Waals surface area (Å²) in [6.45, 7) is 6.31. The molecule has 0 rings (SSSR count). The molecule has 6 heteroatoms. The predicted molar refractivity (Wildman–Crippen MR) is 348 cm³/mol. The Balaban J connectivity index is 4.23. The Morgan fingerprint density at radius 3 is 0.762 bits per heavy atom. The first-order valence-electron chi connectivity index (χ1n) is 32.1. The third kappa shape index (κ3) is 63.6. The molecule has 6 nitrogen and oxygen atoms in total. The molecule has 0 aliphatic heterocycles. The van der Waals surface area contributed by atoms with Gasteiger partial charge in [-0.1, -0.05) is 274 Å². The van der Waals surface area contributed by atoms with Gasteiger partial charge in [0.1, 0.15) is 13.2 Å². The first-order chi connectivity index (χ1) is 39.5. The van der Waals surface area contributed by atoms with Gasteiger partial charge in [-0.15, -0.1) is 0 Å². The SMILES string of the molecule is CC/C=C\C/C=C\C/C=C\C/C=C\C/C=C\C/C=C\C/C=C\C/C=C\CCCCCCC(=O)OCC(COC(=O)CCCCCCCC)OC(=O)CCCCCCCCCC/C=C\C/C=C\C/C=C\C/C=C\C/C=C\C/C=C\CC. The van der Waals surface area contributed by atoms with Gasteiger partial charge >= 0.3 is 17.9 Å². The zero-order chi connectivity index (χ0) is 57.8. The Morgan fingerprint density at radius 1 is 0.263 bits per heavy atom. The molecule has 0 aromatic heterocycles. The van der Waals surface area contributed by atoms with E-state index in [9.17, 15) is 14.4 Å². The van der Waals surface area contributed by atoms with Crippen LogP contribution in [-0.4, -0.2) is 37.2 Å². The molecule has 0 heterocycles. The Hall–Kier alpha value is -5.23. The van der Waals surface area contributed by atoms with Crippen molar-refractivity contribution in [3.63, 3.8) is 0 Å². The molecule has 0 radical (unpaired) electrons. The summed E-state index contributed by atoms with van der Waals surface area (Å²) < 4.78 is 16.8. The van der Waals surface area contributed by atoms with Crippen molar-refractivity contribution in [3.05, 3.63) is 170 Å². The Kier molecular flexibility index (Phi) is 61.9. The van der Waals surface area contributed by atoms with Gasteiger partial charge in [0, 0.05) is 19.3 Å². The van der Waals surface area contributed by atoms with Crippen LogP contribution in [0.1, 0.15) is 258 Å². The highest BCUT2D eigenvalue weighted by molar-refractivity contribution is 5.71. The summed E-state index contributed by atoms with van der Waals surface area (Å²) in [6, 6.07) is 0. The molecule has 0 aromatic carbocycles. The summed E-state index contributed by atoms with van der Waals surface area (Å²) in [5, 5.41) is 0. The molecular weight excluding hydrogens is 985 g/mol. The van der Waals surface area contributed by atoms with Crippen LogP contribution in [0.25, 0.3) is 0 Å². The lowest BCUT2D eigenvalue weighted by Crippen LogP contribution is -2.30. The van der Waals surface area contributed by atoms with Crippen molar-refractivity contribution in [2.75, 3.05) is 13.2 Å². The summed E-state index contributed by atoms with van der Waals surface area (Å²) in [4.78, 5) is 38.0. The van der Waals surface area contributed by atoms with Gasteiger partial charge in [0.05, 0.1) is 0 Å². The Bertz CT molecular complexity index is 1840. The molecule has 1 atom stereocenters. The van der Waals surface area contributed by atoms with Crippen LogP contribution >= 0.6 is 0 Å². The lowest BCUT2D eigenvalue weighted by Gasteiger charge is -2.18. The second-order valence-electron chi connectivity index (χ2n) is 20.6. The van der Waals surface area contributed by atoms with Crippen molar-refractivity contribution in [1.82, 2.24) is 0 Å². The van der Waals surface area contributed by atoms with Crippen molar-refractivity contribution in [2.45, 2.75) is 264 Å². The molecule has 0 amide bonds. The van der Waals surface area contributed by atoms with Crippen molar-refractivity contribution in [1.29, 1.82) is 0 Å². The van der Waals surface area contributed by atoms with E-state index in [0.717, 1.165) is 167 Å². The molecule has 0 aliphatic carbocycles. The van der Waals surface area contributed by atoms with Gasteiger partial charge in [-0.05, 0) is 135 Å². The van der Waals surface area contributed by atoms with Crippen molar-refractivity contribution in [2.24, 2.45) is 0 Å². The maximum Gasteiger partial charge on any atom is 0.306 e. The van der Waals surface area contributed by atoms with Crippen LogP contribution in [0.5, 0.6) is 0 Å². The average Bonchev–Trinajstić information content (AvgIpc) is 3.46. The molecule has 1 unspecified atom stereocenters. The Labute approximate surface area is 492 Å². The first kappa shape index (κ1) is 74.8. The van der Waals surface area contributed by atoms with Crippen LogP contribution < -0.4 is 0 Å². The average molecular weight is 1100 g/mol. The van der Waals surface area contributed by atoms with E-state index in [-0.39, 0.29) is 31.1 Å². The molecule has 0 fully saturated rings. The smallest absolute Gasteiger partial charge is 0.306 e. The Morgan fingerprint density at radius 2 is 0.487 bits per heavy atom. The van der Waals surface area contributed by atoms with Crippen LogP contribution in [0.15, 0.2) is 170 Å². The van der Waals surface area contributed by atoms with Gasteiger partial charge < -0.3 is 14.2 Å².